The number of rotatable bonds is 3. The molecule has 0 radical (unpaired) electrons. The third kappa shape index (κ3) is 2.63. The lowest BCUT2D eigenvalue weighted by Gasteiger charge is -2.51. The zero-order chi connectivity index (χ0) is 16.7. The molecular formula is C20H30O2. The first-order valence-corrected chi connectivity index (χ1v) is 8.22. The summed E-state index contributed by atoms with van der Waals surface area (Å²) in [4.78, 5) is 0. The molecule has 0 saturated carbocycles. The van der Waals surface area contributed by atoms with E-state index in [1.807, 2.05) is 27.7 Å². The van der Waals surface area contributed by atoms with Gasteiger partial charge in [0.2, 0.25) is 0 Å². The highest BCUT2D eigenvalue weighted by molar-refractivity contribution is 5.37. The van der Waals surface area contributed by atoms with Gasteiger partial charge in [-0.25, -0.2) is 0 Å². The highest BCUT2D eigenvalue weighted by Gasteiger charge is 2.55. The average molecular weight is 302 g/mol. The largest absolute Gasteiger partial charge is 0.382 e. The smallest absolute Gasteiger partial charge is 0.118 e. The van der Waals surface area contributed by atoms with E-state index in [-0.39, 0.29) is 11.8 Å². The van der Waals surface area contributed by atoms with Crippen LogP contribution in [0.5, 0.6) is 0 Å². The predicted octanol–water partition coefficient (Wildman–Crippen LogP) is 4.31. The van der Waals surface area contributed by atoms with E-state index in [1.54, 1.807) is 0 Å². The molecule has 0 bridgehead atoms. The molecule has 22 heavy (non-hydrogen) atoms. The first-order chi connectivity index (χ1) is 10.1. The van der Waals surface area contributed by atoms with E-state index in [4.69, 9.17) is 0 Å². The molecule has 2 aliphatic carbocycles. The second kappa shape index (κ2) is 5.82. The molecule has 2 heteroatoms. The van der Waals surface area contributed by atoms with Gasteiger partial charge in [0, 0.05) is 0 Å². The monoisotopic (exact) mass is 302 g/mol. The van der Waals surface area contributed by atoms with Crippen LogP contribution in [0.2, 0.25) is 0 Å². The van der Waals surface area contributed by atoms with Gasteiger partial charge >= 0.3 is 0 Å². The predicted molar refractivity (Wildman–Crippen MR) is 92.5 cm³/mol. The van der Waals surface area contributed by atoms with Crippen molar-refractivity contribution in [3.8, 4) is 0 Å². The van der Waals surface area contributed by atoms with Crippen molar-refractivity contribution >= 4 is 0 Å². The van der Waals surface area contributed by atoms with E-state index in [1.165, 1.54) is 0 Å². The Labute approximate surface area is 134 Å². The minimum Gasteiger partial charge on any atom is -0.382 e. The van der Waals surface area contributed by atoms with Crippen molar-refractivity contribution in [2.45, 2.75) is 64.6 Å². The Balaban J connectivity index is 2.45. The Morgan fingerprint density at radius 3 is 1.50 bits per heavy atom. The van der Waals surface area contributed by atoms with E-state index in [2.05, 4.69) is 25.3 Å². The molecule has 0 spiro atoms. The third-order valence-electron chi connectivity index (χ3n) is 5.88. The third-order valence-corrected chi connectivity index (χ3v) is 5.88. The average Bonchev–Trinajstić information content (AvgIpc) is 2.44. The van der Waals surface area contributed by atoms with Crippen LogP contribution in [0.15, 0.2) is 47.6 Å². The minimum absolute atomic E-state index is 0.218. The number of hydrogen-bond acceptors (Lipinski definition) is 2. The molecule has 0 aromatic rings. The van der Waals surface area contributed by atoms with Gasteiger partial charge in [-0.05, 0) is 76.4 Å². The van der Waals surface area contributed by atoms with Crippen molar-refractivity contribution < 1.29 is 10.2 Å². The second-order valence-electron chi connectivity index (χ2n) is 7.46. The van der Waals surface area contributed by atoms with Crippen molar-refractivity contribution in [1.29, 1.82) is 0 Å². The molecule has 0 amide bonds. The summed E-state index contributed by atoms with van der Waals surface area (Å²) in [6.07, 6.45) is 7.00. The molecule has 2 rings (SSSR count). The molecule has 0 saturated heterocycles. The first kappa shape index (κ1) is 17.2. The Morgan fingerprint density at radius 1 is 0.909 bits per heavy atom. The molecule has 4 atom stereocenters. The van der Waals surface area contributed by atoms with Crippen LogP contribution in [0.25, 0.3) is 0 Å². The lowest BCUT2D eigenvalue weighted by Crippen LogP contribution is -2.59. The van der Waals surface area contributed by atoms with Crippen LogP contribution in [-0.4, -0.2) is 21.4 Å². The Kier molecular flexibility index (Phi) is 4.56. The van der Waals surface area contributed by atoms with Gasteiger partial charge in [0.1, 0.15) is 11.2 Å². The SMILES string of the molecule is C=C(C)[C@@H]1CC=C(C)[C@](O)([C@@]2(O)C[C@@H](C(=C)C)CC=C2C)C1. The maximum absolute atomic E-state index is 11.5. The number of hydrogen-bond donors (Lipinski definition) is 2. The van der Waals surface area contributed by atoms with Crippen molar-refractivity contribution in [2.24, 2.45) is 11.8 Å². The molecule has 0 unspecified atom stereocenters. The molecular weight excluding hydrogens is 272 g/mol. The van der Waals surface area contributed by atoms with Crippen LogP contribution in [0.3, 0.4) is 0 Å². The maximum Gasteiger partial charge on any atom is 0.118 e. The van der Waals surface area contributed by atoms with Gasteiger partial charge in [-0.15, -0.1) is 0 Å². The summed E-state index contributed by atoms with van der Waals surface area (Å²) < 4.78 is 0. The van der Waals surface area contributed by atoms with Crippen molar-refractivity contribution in [2.75, 3.05) is 0 Å². The molecule has 0 aliphatic heterocycles. The second-order valence-corrected chi connectivity index (χ2v) is 7.46. The molecule has 0 aromatic carbocycles. The van der Waals surface area contributed by atoms with E-state index in [0.717, 1.165) is 35.1 Å². The molecule has 122 valence electrons. The van der Waals surface area contributed by atoms with Crippen LogP contribution >= 0.6 is 0 Å². The van der Waals surface area contributed by atoms with E-state index >= 15 is 0 Å². The lowest BCUT2D eigenvalue weighted by atomic mass is 9.60. The van der Waals surface area contributed by atoms with Crippen molar-refractivity contribution in [1.82, 2.24) is 0 Å². The molecule has 2 nitrogen and oxygen atoms in total. The molecule has 0 heterocycles. The zero-order valence-electron chi connectivity index (χ0n) is 14.4. The van der Waals surface area contributed by atoms with E-state index in [9.17, 15) is 10.2 Å². The Hall–Kier alpha value is -1.12. The number of aliphatic hydroxyl groups is 2. The van der Waals surface area contributed by atoms with Crippen LogP contribution in [0, 0.1) is 11.8 Å². The highest BCUT2D eigenvalue weighted by atomic mass is 16.4. The summed E-state index contributed by atoms with van der Waals surface area (Å²) in [7, 11) is 0. The highest BCUT2D eigenvalue weighted by Crippen LogP contribution is 2.50. The molecule has 2 aliphatic rings. The summed E-state index contributed by atoms with van der Waals surface area (Å²) in [6.45, 7) is 16.0. The van der Waals surface area contributed by atoms with Gasteiger partial charge in [0.25, 0.3) is 0 Å². The first-order valence-electron chi connectivity index (χ1n) is 8.22. The molecule has 0 fully saturated rings. The lowest BCUT2D eigenvalue weighted by molar-refractivity contribution is -0.130. The van der Waals surface area contributed by atoms with Gasteiger partial charge in [-0.1, -0.05) is 36.5 Å². The van der Waals surface area contributed by atoms with Crippen LogP contribution in [-0.2, 0) is 0 Å². The van der Waals surface area contributed by atoms with Crippen molar-refractivity contribution in [3.05, 3.63) is 47.6 Å². The zero-order valence-corrected chi connectivity index (χ0v) is 14.4. The van der Waals surface area contributed by atoms with Crippen LogP contribution < -0.4 is 0 Å². The Morgan fingerprint density at radius 2 is 1.23 bits per heavy atom. The number of allylic oxidation sites excluding steroid dienone is 4. The minimum atomic E-state index is -1.22. The van der Waals surface area contributed by atoms with Crippen molar-refractivity contribution in [3.63, 3.8) is 0 Å². The van der Waals surface area contributed by atoms with Crippen LogP contribution in [0.4, 0.5) is 0 Å². The quantitative estimate of drug-likeness (QED) is 0.763. The fourth-order valence-electron chi connectivity index (χ4n) is 3.92. The summed E-state index contributed by atoms with van der Waals surface area (Å²) in [6, 6.07) is 0. The van der Waals surface area contributed by atoms with Gasteiger partial charge in [0.05, 0.1) is 0 Å². The molecule has 0 aromatic heterocycles. The normalized spacial score (nSPS) is 39.0. The van der Waals surface area contributed by atoms with Gasteiger partial charge in [-0.3, -0.25) is 0 Å². The van der Waals surface area contributed by atoms with Gasteiger partial charge in [0.15, 0.2) is 0 Å². The maximum atomic E-state index is 11.5. The van der Waals surface area contributed by atoms with Gasteiger partial charge in [-0.2, -0.15) is 0 Å². The van der Waals surface area contributed by atoms with Gasteiger partial charge < -0.3 is 10.2 Å². The Bertz CT molecular complexity index is 504. The fraction of sp³-hybridized carbons (Fsp3) is 0.600. The summed E-state index contributed by atoms with van der Waals surface area (Å²) in [5, 5.41) is 23.0. The van der Waals surface area contributed by atoms with E-state index < -0.39 is 11.2 Å². The topological polar surface area (TPSA) is 40.5 Å². The summed E-state index contributed by atoms with van der Waals surface area (Å²) in [5.74, 6) is 0.437. The summed E-state index contributed by atoms with van der Waals surface area (Å²) >= 11 is 0. The fourth-order valence-corrected chi connectivity index (χ4v) is 3.92. The van der Waals surface area contributed by atoms with Crippen LogP contribution in [0.1, 0.15) is 53.4 Å². The molecule has 2 N–H and O–H groups in total. The summed E-state index contributed by atoms with van der Waals surface area (Å²) in [5.41, 5.74) is 1.46. The standard InChI is InChI=1S/C20H30O2/c1-13(2)17-9-7-15(5)19(21,11-17)20(22)12-18(14(3)4)10-8-16(20)6/h7-8,17-18,21-22H,1,3,9-12H2,2,4-6H3/t17-,18+,19+,20-. The van der Waals surface area contributed by atoms with E-state index in [0.29, 0.717) is 12.8 Å².